The summed E-state index contributed by atoms with van der Waals surface area (Å²) in [6.45, 7) is 6.84. The van der Waals surface area contributed by atoms with Gasteiger partial charge < -0.3 is 0 Å². The molecule has 0 spiro atoms. The molecule has 4 aliphatic carbocycles. The standard InChI is InChI=1S/C12H18O/c1-7(2)12-5-4-11(3)9(12)6-8(12)10(11)13/h7-9H,4-6H2,1-3H3/t8-,9+,11+,12-/m1/s1. The van der Waals surface area contributed by atoms with Crippen LogP contribution in [0, 0.1) is 28.6 Å². The summed E-state index contributed by atoms with van der Waals surface area (Å²) >= 11 is 0. The lowest BCUT2D eigenvalue weighted by Crippen LogP contribution is -2.46. The minimum absolute atomic E-state index is 0.106. The van der Waals surface area contributed by atoms with E-state index in [1.807, 2.05) is 0 Å². The SMILES string of the molecule is CC(C)[C@]12CC[C@]3(C)C(=O)[C@H]1C[C@H]23. The van der Waals surface area contributed by atoms with Crippen molar-refractivity contribution in [2.45, 2.75) is 40.0 Å². The van der Waals surface area contributed by atoms with E-state index in [0.29, 0.717) is 23.0 Å². The summed E-state index contributed by atoms with van der Waals surface area (Å²) in [5.74, 6) is 2.52. The van der Waals surface area contributed by atoms with Crippen molar-refractivity contribution < 1.29 is 4.79 Å². The van der Waals surface area contributed by atoms with Gasteiger partial charge in [0.25, 0.3) is 0 Å². The molecule has 0 aromatic rings. The van der Waals surface area contributed by atoms with Crippen LogP contribution in [-0.2, 0) is 4.79 Å². The van der Waals surface area contributed by atoms with Crippen molar-refractivity contribution >= 4 is 5.78 Å². The van der Waals surface area contributed by atoms with Gasteiger partial charge in [0.1, 0.15) is 5.78 Å². The van der Waals surface area contributed by atoms with Crippen molar-refractivity contribution in [2.24, 2.45) is 28.6 Å². The topological polar surface area (TPSA) is 17.1 Å². The second-order valence-electron chi connectivity index (χ2n) is 5.89. The van der Waals surface area contributed by atoms with Crippen LogP contribution < -0.4 is 0 Å². The smallest absolute Gasteiger partial charge is 0.142 e. The summed E-state index contributed by atoms with van der Waals surface area (Å²) < 4.78 is 0. The van der Waals surface area contributed by atoms with E-state index in [1.54, 1.807) is 0 Å². The summed E-state index contributed by atoms with van der Waals surface area (Å²) in [5.41, 5.74) is 0.556. The van der Waals surface area contributed by atoms with Crippen molar-refractivity contribution in [3.8, 4) is 0 Å². The van der Waals surface area contributed by atoms with Crippen molar-refractivity contribution in [3.63, 3.8) is 0 Å². The molecule has 0 heterocycles. The number of carbonyl (C=O) groups excluding carboxylic acids is 1. The van der Waals surface area contributed by atoms with Crippen LogP contribution in [0.25, 0.3) is 0 Å². The van der Waals surface area contributed by atoms with Gasteiger partial charge in [-0.15, -0.1) is 0 Å². The summed E-state index contributed by atoms with van der Waals surface area (Å²) in [6.07, 6.45) is 3.71. The third kappa shape index (κ3) is 0.547. The summed E-state index contributed by atoms with van der Waals surface area (Å²) in [4.78, 5) is 12.0. The molecule has 1 heteroatoms. The molecule has 0 aromatic carbocycles. The number of carbonyl (C=O) groups is 1. The number of Topliss-reactive ketones (excluding diaryl/α,β-unsaturated/α-hetero) is 1. The van der Waals surface area contributed by atoms with Gasteiger partial charge in [-0.2, -0.15) is 0 Å². The predicted molar refractivity (Wildman–Crippen MR) is 51.2 cm³/mol. The first-order valence-corrected chi connectivity index (χ1v) is 5.58. The Bertz CT molecular complexity index is 293. The fourth-order valence-corrected chi connectivity index (χ4v) is 4.75. The van der Waals surface area contributed by atoms with Crippen LogP contribution in [-0.4, -0.2) is 5.78 Å². The third-order valence-corrected chi connectivity index (χ3v) is 5.57. The molecule has 0 amide bonds. The van der Waals surface area contributed by atoms with E-state index >= 15 is 0 Å². The van der Waals surface area contributed by atoms with Gasteiger partial charge in [-0.3, -0.25) is 4.79 Å². The molecule has 0 aromatic heterocycles. The highest BCUT2D eigenvalue weighted by Crippen LogP contribution is 2.78. The van der Waals surface area contributed by atoms with E-state index in [-0.39, 0.29) is 5.41 Å². The van der Waals surface area contributed by atoms with E-state index < -0.39 is 0 Å². The maximum Gasteiger partial charge on any atom is 0.142 e. The van der Waals surface area contributed by atoms with Gasteiger partial charge in [-0.25, -0.2) is 0 Å². The highest BCUT2D eigenvalue weighted by molar-refractivity contribution is 5.94. The molecule has 1 nitrogen and oxygen atoms in total. The lowest BCUT2D eigenvalue weighted by Gasteiger charge is -2.50. The maximum atomic E-state index is 12.0. The third-order valence-electron chi connectivity index (χ3n) is 5.57. The highest BCUT2D eigenvalue weighted by Gasteiger charge is 2.77. The molecular weight excluding hydrogens is 160 g/mol. The Hall–Kier alpha value is -0.330. The van der Waals surface area contributed by atoms with Crippen molar-refractivity contribution in [1.29, 1.82) is 0 Å². The molecule has 72 valence electrons. The van der Waals surface area contributed by atoms with Gasteiger partial charge in [-0.1, -0.05) is 20.8 Å². The van der Waals surface area contributed by atoms with E-state index in [2.05, 4.69) is 20.8 Å². The molecule has 0 aliphatic heterocycles. The average molecular weight is 178 g/mol. The zero-order chi connectivity index (χ0) is 9.43. The summed E-state index contributed by atoms with van der Waals surface area (Å²) in [5, 5.41) is 0. The normalized spacial score (nSPS) is 57.4. The van der Waals surface area contributed by atoms with Crippen LogP contribution in [0.15, 0.2) is 0 Å². The van der Waals surface area contributed by atoms with Crippen molar-refractivity contribution in [2.75, 3.05) is 0 Å². The number of rotatable bonds is 1. The quantitative estimate of drug-likeness (QED) is 0.603. The predicted octanol–water partition coefficient (Wildman–Crippen LogP) is 2.65. The Morgan fingerprint density at radius 1 is 1.38 bits per heavy atom. The molecule has 4 bridgehead atoms. The fourth-order valence-electron chi connectivity index (χ4n) is 4.75. The van der Waals surface area contributed by atoms with Crippen LogP contribution in [0.4, 0.5) is 0 Å². The number of hydrogen-bond acceptors (Lipinski definition) is 1. The van der Waals surface area contributed by atoms with Crippen LogP contribution in [0.1, 0.15) is 40.0 Å². The minimum atomic E-state index is 0.106. The van der Waals surface area contributed by atoms with E-state index in [0.717, 1.165) is 5.92 Å². The van der Waals surface area contributed by atoms with Gasteiger partial charge in [-0.05, 0) is 36.5 Å². The van der Waals surface area contributed by atoms with Gasteiger partial charge in [0, 0.05) is 11.3 Å². The molecule has 13 heavy (non-hydrogen) atoms. The molecule has 4 rings (SSSR count). The van der Waals surface area contributed by atoms with Crippen LogP contribution >= 0.6 is 0 Å². The molecule has 0 unspecified atom stereocenters. The van der Waals surface area contributed by atoms with E-state index in [9.17, 15) is 4.79 Å². The number of ketones is 1. The molecular formula is C12H18O. The minimum Gasteiger partial charge on any atom is -0.299 e. The monoisotopic (exact) mass is 178 g/mol. The summed E-state index contributed by atoms with van der Waals surface area (Å²) in [7, 11) is 0. The van der Waals surface area contributed by atoms with E-state index in [1.165, 1.54) is 19.3 Å². The second kappa shape index (κ2) is 1.87. The summed E-state index contributed by atoms with van der Waals surface area (Å²) in [6, 6.07) is 0. The second-order valence-corrected chi connectivity index (χ2v) is 5.89. The van der Waals surface area contributed by atoms with Gasteiger partial charge in [0.05, 0.1) is 0 Å². The Labute approximate surface area is 79.9 Å². The van der Waals surface area contributed by atoms with E-state index in [4.69, 9.17) is 0 Å². The Kier molecular flexibility index (Phi) is 1.15. The molecule has 4 atom stereocenters. The molecule has 4 fully saturated rings. The van der Waals surface area contributed by atoms with Gasteiger partial charge in [0.15, 0.2) is 0 Å². The first kappa shape index (κ1) is 8.02. The van der Waals surface area contributed by atoms with Crippen LogP contribution in [0.2, 0.25) is 0 Å². The molecule has 0 radical (unpaired) electrons. The van der Waals surface area contributed by atoms with Crippen molar-refractivity contribution in [3.05, 3.63) is 0 Å². The maximum absolute atomic E-state index is 12.0. The molecule has 0 saturated heterocycles. The van der Waals surface area contributed by atoms with Crippen molar-refractivity contribution in [1.82, 2.24) is 0 Å². The fraction of sp³-hybridized carbons (Fsp3) is 0.917. The molecule has 4 aliphatic rings. The zero-order valence-electron chi connectivity index (χ0n) is 8.76. The lowest BCUT2D eigenvalue weighted by molar-refractivity contribution is -0.132. The van der Waals surface area contributed by atoms with Crippen LogP contribution in [0.3, 0.4) is 0 Å². The van der Waals surface area contributed by atoms with Crippen LogP contribution in [0.5, 0.6) is 0 Å². The Morgan fingerprint density at radius 3 is 2.46 bits per heavy atom. The average Bonchev–Trinajstić information content (AvgIpc) is 2.42. The number of hydrogen-bond donors (Lipinski definition) is 0. The van der Waals surface area contributed by atoms with Gasteiger partial charge in [0.2, 0.25) is 0 Å². The Balaban J connectivity index is 2.11. The highest BCUT2D eigenvalue weighted by atomic mass is 16.1. The zero-order valence-corrected chi connectivity index (χ0v) is 8.76. The van der Waals surface area contributed by atoms with Gasteiger partial charge >= 0.3 is 0 Å². The Morgan fingerprint density at radius 2 is 2.08 bits per heavy atom. The molecule has 4 saturated carbocycles. The largest absolute Gasteiger partial charge is 0.299 e. The molecule has 0 N–H and O–H groups in total. The lowest BCUT2D eigenvalue weighted by atomic mass is 9.53. The first-order valence-electron chi connectivity index (χ1n) is 5.58. The first-order chi connectivity index (χ1) is 6.03.